The minimum absolute atomic E-state index is 0.0795. The highest BCUT2D eigenvalue weighted by atomic mass is 32.1. The lowest BCUT2D eigenvalue weighted by Gasteiger charge is -2.09. The molecule has 0 aliphatic carbocycles. The highest BCUT2D eigenvalue weighted by molar-refractivity contribution is 7.12. The van der Waals surface area contributed by atoms with Crippen LogP contribution in [0.5, 0.6) is 5.75 Å². The van der Waals surface area contributed by atoms with Crippen molar-refractivity contribution in [2.45, 2.75) is 0 Å². The van der Waals surface area contributed by atoms with Gasteiger partial charge in [-0.15, -0.1) is 11.3 Å². The summed E-state index contributed by atoms with van der Waals surface area (Å²) in [5.41, 5.74) is 1.42. The van der Waals surface area contributed by atoms with Crippen molar-refractivity contribution in [2.24, 2.45) is 0 Å². The quantitative estimate of drug-likeness (QED) is 0.877. The van der Waals surface area contributed by atoms with Crippen LogP contribution in [0.4, 0.5) is 0 Å². The molecule has 104 valence electrons. The number of benzene rings is 1. The Balaban J connectivity index is 2.52. The summed E-state index contributed by atoms with van der Waals surface area (Å²) >= 11 is 1.23. The van der Waals surface area contributed by atoms with Crippen LogP contribution in [0.3, 0.4) is 0 Å². The van der Waals surface area contributed by atoms with Gasteiger partial charge in [0.15, 0.2) is 0 Å². The predicted molar refractivity (Wildman–Crippen MR) is 74.6 cm³/mol. The van der Waals surface area contributed by atoms with Gasteiger partial charge in [0.25, 0.3) is 0 Å². The number of rotatable bonds is 4. The summed E-state index contributed by atoms with van der Waals surface area (Å²) in [5, 5.41) is 10.9. The Hall–Kier alpha value is -2.34. The van der Waals surface area contributed by atoms with Gasteiger partial charge in [0.2, 0.25) is 0 Å². The second-order valence-electron chi connectivity index (χ2n) is 3.88. The van der Waals surface area contributed by atoms with Crippen molar-refractivity contribution in [3.63, 3.8) is 0 Å². The van der Waals surface area contributed by atoms with Crippen LogP contribution in [-0.4, -0.2) is 31.3 Å². The van der Waals surface area contributed by atoms with Crippen LogP contribution in [0.15, 0.2) is 29.6 Å². The largest absolute Gasteiger partial charge is 0.495 e. The predicted octanol–water partition coefficient (Wildman–Crippen LogP) is 2.91. The molecule has 1 aromatic heterocycles. The van der Waals surface area contributed by atoms with Crippen molar-refractivity contribution in [3.05, 3.63) is 40.1 Å². The van der Waals surface area contributed by atoms with Crippen molar-refractivity contribution in [2.75, 3.05) is 14.2 Å². The van der Waals surface area contributed by atoms with E-state index < -0.39 is 11.9 Å². The molecule has 0 amide bonds. The van der Waals surface area contributed by atoms with Crippen LogP contribution in [0.25, 0.3) is 11.1 Å². The fourth-order valence-corrected chi connectivity index (χ4v) is 2.66. The van der Waals surface area contributed by atoms with E-state index in [4.69, 9.17) is 9.84 Å². The smallest absolute Gasteiger partial charge is 0.348 e. The van der Waals surface area contributed by atoms with Crippen LogP contribution in [0.1, 0.15) is 20.0 Å². The van der Waals surface area contributed by atoms with Gasteiger partial charge in [-0.25, -0.2) is 9.59 Å². The number of carboxylic acids is 1. The van der Waals surface area contributed by atoms with Crippen LogP contribution < -0.4 is 4.74 Å². The standard InChI is InChI=1S/C14H12O5S/c1-18-12-9(4-3-5-10(12)13(15)16)8-6-11(20-7-8)14(17)19-2/h3-7H,1-2H3,(H,15,16). The summed E-state index contributed by atoms with van der Waals surface area (Å²) < 4.78 is 9.85. The lowest BCUT2D eigenvalue weighted by Crippen LogP contribution is -2.01. The lowest BCUT2D eigenvalue weighted by atomic mass is 10.0. The Kier molecular flexibility index (Phi) is 4.05. The van der Waals surface area contributed by atoms with Crippen LogP contribution in [-0.2, 0) is 4.74 Å². The fraction of sp³-hybridized carbons (Fsp3) is 0.143. The summed E-state index contributed by atoms with van der Waals surface area (Å²) in [6.45, 7) is 0. The normalized spacial score (nSPS) is 10.1. The molecule has 0 unspecified atom stereocenters. The van der Waals surface area contributed by atoms with Gasteiger partial charge in [0.1, 0.15) is 16.2 Å². The van der Waals surface area contributed by atoms with Crippen molar-refractivity contribution in [1.29, 1.82) is 0 Å². The average Bonchev–Trinajstić information content (AvgIpc) is 2.95. The van der Waals surface area contributed by atoms with E-state index in [1.54, 1.807) is 23.6 Å². The van der Waals surface area contributed by atoms with Gasteiger partial charge in [-0.3, -0.25) is 0 Å². The summed E-state index contributed by atoms with van der Waals surface area (Å²) in [5.74, 6) is -1.21. The van der Waals surface area contributed by atoms with Crippen molar-refractivity contribution in [1.82, 2.24) is 0 Å². The molecule has 0 bridgehead atoms. The number of esters is 1. The first-order valence-electron chi connectivity index (χ1n) is 5.66. The SMILES string of the molecule is COC(=O)c1cc(-c2cccc(C(=O)O)c2OC)cs1. The molecule has 1 aromatic carbocycles. The number of hydrogen-bond donors (Lipinski definition) is 1. The summed E-state index contributed by atoms with van der Waals surface area (Å²) in [6.07, 6.45) is 0. The molecule has 0 saturated heterocycles. The number of ether oxygens (including phenoxy) is 2. The maximum absolute atomic E-state index is 11.5. The minimum Gasteiger partial charge on any atom is -0.495 e. The van der Waals surface area contributed by atoms with E-state index in [1.807, 2.05) is 0 Å². The first-order valence-corrected chi connectivity index (χ1v) is 6.54. The maximum atomic E-state index is 11.5. The monoisotopic (exact) mass is 292 g/mol. The third-order valence-electron chi connectivity index (χ3n) is 2.75. The molecular formula is C14H12O5S. The summed E-state index contributed by atoms with van der Waals surface area (Å²) in [4.78, 5) is 23.1. The van der Waals surface area contributed by atoms with Crippen molar-refractivity contribution in [3.8, 4) is 16.9 Å². The van der Waals surface area contributed by atoms with Gasteiger partial charge >= 0.3 is 11.9 Å². The van der Waals surface area contributed by atoms with E-state index in [9.17, 15) is 9.59 Å². The zero-order valence-corrected chi connectivity index (χ0v) is 11.7. The van der Waals surface area contributed by atoms with E-state index >= 15 is 0 Å². The molecule has 0 spiro atoms. The minimum atomic E-state index is -1.06. The molecule has 2 aromatic rings. The Morgan fingerprint density at radius 3 is 2.60 bits per heavy atom. The number of carbonyl (C=O) groups is 2. The van der Waals surface area contributed by atoms with E-state index in [-0.39, 0.29) is 11.3 Å². The molecule has 0 saturated carbocycles. The lowest BCUT2D eigenvalue weighted by molar-refractivity contribution is 0.0605. The maximum Gasteiger partial charge on any atom is 0.348 e. The van der Waals surface area contributed by atoms with Gasteiger partial charge < -0.3 is 14.6 Å². The number of thiophene rings is 1. The number of para-hydroxylation sites is 1. The zero-order chi connectivity index (χ0) is 14.7. The fourth-order valence-electron chi connectivity index (χ4n) is 1.84. The van der Waals surface area contributed by atoms with Gasteiger partial charge in [-0.1, -0.05) is 12.1 Å². The molecule has 1 N–H and O–H groups in total. The first kappa shape index (κ1) is 14.1. The number of carbonyl (C=O) groups excluding carboxylic acids is 1. The Morgan fingerprint density at radius 2 is 2.00 bits per heavy atom. The number of carboxylic acid groups (broad SMARTS) is 1. The molecule has 0 aliphatic heterocycles. The second-order valence-corrected chi connectivity index (χ2v) is 4.79. The van der Waals surface area contributed by atoms with Crippen LogP contribution >= 0.6 is 11.3 Å². The van der Waals surface area contributed by atoms with E-state index in [0.717, 1.165) is 5.56 Å². The number of methoxy groups -OCH3 is 2. The van der Waals surface area contributed by atoms with E-state index in [2.05, 4.69) is 4.74 Å². The summed E-state index contributed by atoms with van der Waals surface area (Å²) in [7, 11) is 2.73. The molecule has 2 rings (SSSR count). The Labute approximate surface area is 119 Å². The summed E-state index contributed by atoms with van der Waals surface area (Å²) in [6, 6.07) is 6.50. The highest BCUT2D eigenvalue weighted by Gasteiger charge is 2.18. The molecule has 20 heavy (non-hydrogen) atoms. The molecule has 6 heteroatoms. The molecule has 0 fully saturated rings. The highest BCUT2D eigenvalue weighted by Crippen LogP contribution is 2.35. The molecule has 0 aliphatic rings. The molecular weight excluding hydrogens is 280 g/mol. The molecule has 5 nitrogen and oxygen atoms in total. The topological polar surface area (TPSA) is 72.8 Å². The number of aromatic carboxylic acids is 1. The van der Waals surface area contributed by atoms with Gasteiger partial charge in [0.05, 0.1) is 14.2 Å². The zero-order valence-electron chi connectivity index (χ0n) is 10.9. The Bertz CT molecular complexity index is 659. The van der Waals surface area contributed by atoms with Crippen molar-refractivity contribution >= 4 is 23.3 Å². The third-order valence-corrected chi connectivity index (χ3v) is 3.66. The van der Waals surface area contributed by atoms with Crippen LogP contribution in [0, 0.1) is 0 Å². The average molecular weight is 292 g/mol. The van der Waals surface area contributed by atoms with Gasteiger partial charge in [-0.2, -0.15) is 0 Å². The van der Waals surface area contributed by atoms with E-state index in [1.165, 1.54) is 31.6 Å². The molecule has 1 heterocycles. The van der Waals surface area contributed by atoms with Gasteiger partial charge in [-0.05, 0) is 23.1 Å². The Morgan fingerprint density at radius 1 is 1.25 bits per heavy atom. The molecule has 0 atom stereocenters. The first-order chi connectivity index (χ1) is 9.58. The van der Waals surface area contributed by atoms with Gasteiger partial charge in [0, 0.05) is 5.56 Å². The third kappa shape index (κ3) is 2.50. The van der Waals surface area contributed by atoms with Crippen molar-refractivity contribution < 1.29 is 24.2 Å². The number of hydrogen-bond acceptors (Lipinski definition) is 5. The second kappa shape index (κ2) is 5.75. The van der Waals surface area contributed by atoms with E-state index in [0.29, 0.717) is 10.4 Å². The van der Waals surface area contributed by atoms with Crippen LogP contribution in [0.2, 0.25) is 0 Å². The molecule has 0 radical (unpaired) electrons.